The lowest BCUT2D eigenvalue weighted by atomic mass is 10.00. The number of carbonyl (C=O) groups is 1. The fourth-order valence-electron chi connectivity index (χ4n) is 1.39. The lowest BCUT2D eigenvalue weighted by Gasteiger charge is -2.16. The molecule has 0 bridgehead atoms. The fourth-order valence-corrected chi connectivity index (χ4v) is 1.39. The van der Waals surface area contributed by atoms with Crippen molar-refractivity contribution >= 4 is 6.09 Å². The number of alkyl carbamates (subject to hydrolysis) is 1. The van der Waals surface area contributed by atoms with E-state index in [1.54, 1.807) is 0 Å². The lowest BCUT2D eigenvalue weighted by molar-refractivity contribution is 0.131. The van der Waals surface area contributed by atoms with E-state index < -0.39 is 0 Å². The molecule has 1 aliphatic heterocycles. The van der Waals surface area contributed by atoms with Crippen LogP contribution < -0.4 is 5.32 Å². The molecule has 0 aromatic heterocycles. The summed E-state index contributed by atoms with van der Waals surface area (Å²) in [7, 11) is 0. The summed E-state index contributed by atoms with van der Waals surface area (Å²) < 4.78 is 4.96. The summed E-state index contributed by atoms with van der Waals surface area (Å²) in [6.07, 6.45) is 5.74. The van der Waals surface area contributed by atoms with Crippen LogP contribution in [0.3, 0.4) is 0 Å². The molecule has 3 nitrogen and oxygen atoms in total. The van der Waals surface area contributed by atoms with Crippen molar-refractivity contribution in [2.45, 2.75) is 25.0 Å². The van der Waals surface area contributed by atoms with Crippen molar-refractivity contribution in [3.63, 3.8) is 0 Å². The highest BCUT2D eigenvalue weighted by Crippen LogP contribution is 2.20. The minimum absolute atomic E-state index is 0.0949. The Morgan fingerprint density at radius 3 is 3.10 bits per heavy atom. The quantitative estimate of drug-likeness (QED) is 0.504. The van der Waals surface area contributed by atoms with Crippen LogP contribution in [-0.2, 0) is 4.74 Å². The Labute approximate surface area is 59.1 Å². The second-order valence-corrected chi connectivity index (χ2v) is 2.64. The van der Waals surface area contributed by atoms with Crippen molar-refractivity contribution in [2.24, 2.45) is 0 Å². The van der Waals surface area contributed by atoms with Crippen molar-refractivity contribution < 1.29 is 9.53 Å². The molecule has 1 heterocycles. The van der Waals surface area contributed by atoms with Crippen LogP contribution in [0.1, 0.15) is 12.8 Å². The largest absolute Gasteiger partial charge is 0.444 e. The number of nitrogens with one attached hydrogen (secondary N) is 1. The number of ether oxygens (including phenoxy) is 1. The van der Waals surface area contributed by atoms with Crippen LogP contribution in [0.4, 0.5) is 4.79 Å². The Hall–Kier alpha value is -0.990. The fraction of sp³-hybridized carbons (Fsp3) is 0.571. The van der Waals surface area contributed by atoms with E-state index in [1.165, 1.54) is 0 Å². The summed E-state index contributed by atoms with van der Waals surface area (Å²) in [5, 5.41) is 2.74. The Kier molecular flexibility index (Phi) is 1.16. The maximum absolute atomic E-state index is 10.6. The third kappa shape index (κ3) is 0.781. The maximum atomic E-state index is 10.6. The van der Waals surface area contributed by atoms with Crippen LogP contribution in [0.15, 0.2) is 12.2 Å². The van der Waals surface area contributed by atoms with Gasteiger partial charge in [-0.1, -0.05) is 12.2 Å². The highest BCUT2D eigenvalue weighted by molar-refractivity contribution is 5.70. The van der Waals surface area contributed by atoms with Gasteiger partial charge < -0.3 is 10.1 Å². The molecule has 0 aromatic rings. The van der Waals surface area contributed by atoms with E-state index in [-0.39, 0.29) is 18.2 Å². The SMILES string of the molecule is O=C1N[C@@H]2CC=CC[C@@H]2O1. The van der Waals surface area contributed by atoms with Gasteiger partial charge in [-0.25, -0.2) is 4.79 Å². The summed E-state index contributed by atoms with van der Waals surface area (Å²) >= 11 is 0. The molecular formula is C7H9NO2. The standard InChI is InChI=1S/C7H9NO2/c9-7-8-5-3-1-2-4-6(5)10-7/h1-2,5-6H,3-4H2,(H,8,9)/t5-,6+/m1/s1. The maximum Gasteiger partial charge on any atom is 0.407 e. The van der Waals surface area contributed by atoms with Crippen LogP contribution >= 0.6 is 0 Å². The van der Waals surface area contributed by atoms with E-state index in [9.17, 15) is 4.79 Å². The topological polar surface area (TPSA) is 38.3 Å². The summed E-state index contributed by atoms with van der Waals surface area (Å²) in [5.74, 6) is 0. The Bertz CT molecular complexity index is 170. The zero-order valence-electron chi connectivity index (χ0n) is 5.54. The van der Waals surface area contributed by atoms with Gasteiger partial charge in [0.25, 0.3) is 0 Å². The number of carbonyl (C=O) groups excluding carboxylic acids is 1. The molecule has 1 amide bonds. The van der Waals surface area contributed by atoms with Gasteiger partial charge in [-0.3, -0.25) is 0 Å². The Balaban J connectivity index is 2.11. The Morgan fingerprint density at radius 1 is 1.50 bits per heavy atom. The molecule has 1 saturated heterocycles. The van der Waals surface area contributed by atoms with Crippen LogP contribution in [-0.4, -0.2) is 18.2 Å². The molecule has 3 heteroatoms. The molecule has 0 saturated carbocycles. The highest BCUT2D eigenvalue weighted by Gasteiger charge is 2.33. The third-order valence-electron chi connectivity index (χ3n) is 1.94. The number of hydrogen-bond acceptors (Lipinski definition) is 2. The Morgan fingerprint density at radius 2 is 2.30 bits per heavy atom. The molecule has 1 aliphatic carbocycles. The molecule has 2 rings (SSSR count). The lowest BCUT2D eigenvalue weighted by Crippen LogP contribution is -2.32. The van der Waals surface area contributed by atoms with Gasteiger partial charge in [0.15, 0.2) is 0 Å². The minimum atomic E-state index is -0.265. The second-order valence-electron chi connectivity index (χ2n) is 2.64. The first-order chi connectivity index (χ1) is 4.86. The van der Waals surface area contributed by atoms with Gasteiger partial charge >= 0.3 is 6.09 Å². The predicted octanol–water partition coefficient (Wildman–Crippen LogP) is 0.813. The summed E-state index contributed by atoms with van der Waals surface area (Å²) in [4.78, 5) is 10.6. The van der Waals surface area contributed by atoms with Gasteiger partial charge in [-0.15, -0.1) is 0 Å². The van der Waals surface area contributed by atoms with Crippen LogP contribution in [0.5, 0.6) is 0 Å². The van der Waals surface area contributed by atoms with Crippen molar-refractivity contribution in [3.8, 4) is 0 Å². The predicted molar refractivity (Wildman–Crippen MR) is 35.6 cm³/mol. The van der Waals surface area contributed by atoms with Gasteiger partial charge in [0, 0.05) is 6.42 Å². The van der Waals surface area contributed by atoms with Gasteiger partial charge in [0.2, 0.25) is 0 Å². The van der Waals surface area contributed by atoms with E-state index in [1.807, 2.05) is 0 Å². The first kappa shape index (κ1) is 5.77. The molecule has 0 spiro atoms. The van der Waals surface area contributed by atoms with E-state index in [2.05, 4.69) is 17.5 Å². The number of amides is 1. The first-order valence-electron chi connectivity index (χ1n) is 3.48. The van der Waals surface area contributed by atoms with Gasteiger partial charge in [-0.05, 0) is 6.42 Å². The van der Waals surface area contributed by atoms with Crippen molar-refractivity contribution in [3.05, 3.63) is 12.2 Å². The molecule has 1 N–H and O–H groups in total. The molecule has 2 atom stereocenters. The average Bonchev–Trinajstić information content (AvgIpc) is 2.27. The normalized spacial score (nSPS) is 36.6. The molecule has 2 aliphatic rings. The van der Waals surface area contributed by atoms with E-state index in [0.29, 0.717) is 0 Å². The van der Waals surface area contributed by atoms with E-state index in [0.717, 1.165) is 12.8 Å². The van der Waals surface area contributed by atoms with Crippen LogP contribution in [0.2, 0.25) is 0 Å². The zero-order chi connectivity index (χ0) is 6.97. The monoisotopic (exact) mass is 139 g/mol. The van der Waals surface area contributed by atoms with Crippen LogP contribution in [0, 0.1) is 0 Å². The first-order valence-corrected chi connectivity index (χ1v) is 3.48. The minimum Gasteiger partial charge on any atom is -0.444 e. The number of fused-ring (bicyclic) bond motifs is 1. The molecular weight excluding hydrogens is 130 g/mol. The summed E-state index contributed by atoms with van der Waals surface area (Å²) in [5.41, 5.74) is 0. The summed E-state index contributed by atoms with van der Waals surface area (Å²) in [6, 6.07) is 0.234. The molecule has 0 aromatic carbocycles. The van der Waals surface area contributed by atoms with Gasteiger partial charge in [0.1, 0.15) is 6.10 Å². The molecule has 1 fully saturated rings. The molecule has 0 radical (unpaired) electrons. The summed E-state index contributed by atoms with van der Waals surface area (Å²) in [6.45, 7) is 0. The third-order valence-corrected chi connectivity index (χ3v) is 1.94. The van der Waals surface area contributed by atoms with E-state index >= 15 is 0 Å². The van der Waals surface area contributed by atoms with E-state index in [4.69, 9.17) is 4.74 Å². The van der Waals surface area contributed by atoms with Crippen LogP contribution in [0.25, 0.3) is 0 Å². The number of hydrogen-bond donors (Lipinski definition) is 1. The molecule has 0 unspecified atom stereocenters. The van der Waals surface area contributed by atoms with Crippen molar-refractivity contribution in [1.82, 2.24) is 5.32 Å². The van der Waals surface area contributed by atoms with Crippen molar-refractivity contribution in [2.75, 3.05) is 0 Å². The number of rotatable bonds is 0. The van der Waals surface area contributed by atoms with Gasteiger partial charge in [0.05, 0.1) is 6.04 Å². The van der Waals surface area contributed by atoms with Gasteiger partial charge in [-0.2, -0.15) is 0 Å². The second kappa shape index (κ2) is 2.01. The average molecular weight is 139 g/mol. The zero-order valence-corrected chi connectivity index (χ0v) is 5.54. The highest BCUT2D eigenvalue weighted by atomic mass is 16.6. The van der Waals surface area contributed by atoms with Crippen molar-refractivity contribution in [1.29, 1.82) is 0 Å². The molecule has 54 valence electrons. The smallest absolute Gasteiger partial charge is 0.407 e. The molecule has 10 heavy (non-hydrogen) atoms.